The highest BCUT2D eigenvalue weighted by atomic mass is 16.3. The molecular weight excluding hydrogens is 552 g/mol. The zero-order valence-electron chi connectivity index (χ0n) is 24.1. The van der Waals surface area contributed by atoms with Gasteiger partial charge < -0.3 is 8.98 Å². The van der Waals surface area contributed by atoms with Crippen LogP contribution in [0.3, 0.4) is 0 Å². The number of aromatic nitrogens is 3. The lowest BCUT2D eigenvalue weighted by Gasteiger charge is -2.25. The van der Waals surface area contributed by atoms with Gasteiger partial charge in [0.25, 0.3) is 0 Å². The fraction of sp³-hybridized carbons (Fsp3) is 0.0250. The Morgan fingerprint density at radius 2 is 1.38 bits per heavy atom. The first-order chi connectivity index (χ1) is 22.3. The summed E-state index contributed by atoms with van der Waals surface area (Å²) in [6.45, 7) is 0. The van der Waals surface area contributed by atoms with E-state index in [1.807, 2.05) is 43.0 Å². The molecule has 0 N–H and O–H groups in total. The largest absolute Gasteiger partial charge is 0.456 e. The molecule has 2 aliphatic rings. The van der Waals surface area contributed by atoms with Crippen molar-refractivity contribution < 1.29 is 4.42 Å². The molecule has 1 atom stereocenters. The van der Waals surface area contributed by atoms with Gasteiger partial charge in [-0.1, -0.05) is 60.7 Å². The third kappa shape index (κ3) is 3.46. The van der Waals surface area contributed by atoms with E-state index in [9.17, 15) is 0 Å². The molecule has 10 rings (SSSR count). The van der Waals surface area contributed by atoms with Crippen molar-refractivity contribution in [3.05, 3.63) is 146 Å². The molecule has 0 fully saturated rings. The third-order valence-corrected chi connectivity index (χ3v) is 9.22. The average molecular weight is 578 g/mol. The minimum Gasteiger partial charge on any atom is -0.456 e. The lowest BCUT2D eigenvalue weighted by molar-refractivity contribution is 0.669. The number of benzene rings is 4. The van der Waals surface area contributed by atoms with Gasteiger partial charge in [0.1, 0.15) is 22.7 Å². The Bertz CT molecular complexity index is 2530. The summed E-state index contributed by atoms with van der Waals surface area (Å²) >= 11 is 0. The van der Waals surface area contributed by atoms with Crippen LogP contribution in [0, 0.1) is 0 Å². The number of pyridine rings is 2. The smallest absolute Gasteiger partial charge is 0.235 e. The van der Waals surface area contributed by atoms with Crippen LogP contribution in [0.4, 0.5) is 11.4 Å². The summed E-state index contributed by atoms with van der Waals surface area (Å²) < 4.78 is 11.3. The molecule has 4 aromatic carbocycles. The van der Waals surface area contributed by atoms with Gasteiger partial charge in [0.2, 0.25) is 17.1 Å². The maximum Gasteiger partial charge on any atom is 0.235 e. The summed E-state index contributed by atoms with van der Waals surface area (Å²) in [5.74, 6) is 0. The standard InChI is InChI=1S/C40H25N4O/c1-4-15-36-32(10-1)38-37(45-36)17-16-31-30-11-5-14-35-39(30)44(40(31)38)34-13-3-2-12-33(34)43(35)29-21-27(25-8-6-18-41-23-25)20-28(22-29)26-9-7-19-42-24-26/h1-24,34H/q+1. The van der Waals surface area contributed by atoms with E-state index >= 15 is 0 Å². The molecule has 5 nitrogen and oxygen atoms in total. The van der Waals surface area contributed by atoms with Crippen LogP contribution in [-0.2, 0) is 0 Å². The van der Waals surface area contributed by atoms with Gasteiger partial charge in [-0.05, 0) is 47.5 Å². The molecular formula is C40H25N4O+. The average Bonchev–Trinajstić information content (AvgIpc) is 3.66. The molecule has 0 saturated carbocycles. The van der Waals surface area contributed by atoms with Gasteiger partial charge >= 0.3 is 0 Å². The van der Waals surface area contributed by atoms with Crippen LogP contribution < -0.4 is 4.58 Å². The fourth-order valence-corrected chi connectivity index (χ4v) is 7.35. The van der Waals surface area contributed by atoms with Crippen molar-refractivity contribution in [2.45, 2.75) is 6.04 Å². The Morgan fingerprint density at radius 1 is 0.622 bits per heavy atom. The number of para-hydroxylation sites is 2. The molecule has 0 spiro atoms. The fourth-order valence-electron chi connectivity index (χ4n) is 7.35. The minimum atomic E-state index is -0.00643. The second kappa shape index (κ2) is 9.21. The van der Waals surface area contributed by atoms with Crippen molar-refractivity contribution in [1.29, 1.82) is 0 Å². The van der Waals surface area contributed by atoms with Crippen molar-refractivity contribution in [3.63, 3.8) is 0 Å². The van der Waals surface area contributed by atoms with E-state index in [4.69, 9.17) is 4.42 Å². The van der Waals surface area contributed by atoms with E-state index in [-0.39, 0.29) is 6.04 Å². The van der Waals surface area contributed by atoms with Crippen LogP contribution in [0.2, 0.25) is 0 Å². The maximum atomic E-state index is 6.37. The Morgan fingerprint density at radius 3 is 2.16 bits per heavy atom. The molecule has 45 heavy (non-hydrogen) atoms. The highest BCUT2D eigenvalue weighted by Crippen LogP contribution is 2.47. The molecule has 1 aliphatic carbocycles. The zero-order valence-corrected chi connectivity index (χ0v) is 24.1. The molecule has 1 unspecified atom stereocenters. The Labute approximate surface area is 258 Å². The number of nitrogens with zero attached hydrogens (tertiary/aromatic N) is 4. The van der Waals surface area contributed by atoms with E-state index in [0.29, 0.717) is 0 Å². The maximum absolute atomic E-state index is 6.37. The molecule has 0 bridgehead atoms. The first-order valence-corrected chi connectivity index (χ1v) is 15.2. The van der Waals surface area contributed by atoms with E-state index in [1.165, 1.54) is 32.9 Å². The predicted molar refractivity (Wildman–Crippen MR) is 183 cm³/mol. The van der Waals surface area contributed by atoms with Gasteiger partial charge in [-0.15, -0.1) is 0 Å². The summed E-state index contributed by atoms with van der Waals surface area (Å²) in [7, 11) is 0. The Hall–Kier alpha value is -6.07. The predicted octanol–water partition coefficient (Wildman–Crippen LogP) is 9.77. The quantitative estimate of drug-likeness (QED) is 0.196. The molecule has 0 amide bonds. The molecule has 4 aromatic heterocycles. The summed E-state index contributed by atoms with van der Waals surface area (Å²) in [6.07, 6.45) is 16.4. The highest BCUT2D eigenvalue weighted by molar-refractivity contribution is 6.27. The highest BCUT2D eigenvalue weighted by Gasteiger charge is 2.38. The number of hydrogen-bond donors (Lipinski definition) is 0. The van der Waals surface area contributed by atoms with E-state index < -0.39 is 0 Å². The van der Waals surface area contributed by atoms with Crippen LogP contribution >= 0.6 is 0 Å². The molecule has 1 aliphatic heterocycles. The molecule has 0 saturated heterocycles. The number of fused-ring (bicyclic) bond motifs is 9. The summed E-state index contributed by atoms with van der Waals surface area (Å²) in [6, 6.07) is 34.4. The topological polar surface area (TPSA) is 46.9 Å². The minimum absolute atomic E-state index is 0.00643. The zero-order chi connectivity index (χ0) is 29.5. The van der Waals surface area contributed by atoms with E-state index in [2.05, 4.69) is 122 Å². The van der Waals surface area contributed by atoms with Crippen molar-refractivity contribution in [2.75, 3.05) is 0 Å². The van der Waals surface area contributed by atoms with Crippen molar-refractivity contribution in [1.82, 2.24) is 19.1 Å². The summed E-state index contributed by atoms with van der Waals surface area (Å²) in [5.41, 5.74) is 12.1. The van der Waals surface area contributed by atoms with Crippen LogP contribution in [0.25, 0.3) is 66.0 Å². The van der Waals surface area contributed by atoms with Crippen molar-refractivity contribution >= 4 is 60.8 Å². The van der Waals surface area contributed by atoms with Gasteiger partial charge in [-0.2, -0.15) is 4.58 Å². The second-order valence-electron chi connectivity index (χ2n) is 11.7. The molecule has 5 heteroatoms. The SMILES string of the molecule is C1=CC2=[N+](c3cc(-c4cccnc4)cc(-c4cccnc4)c3)c3cccc4c5ccc6oc7ccccc7c6c5n(c34)C2C=C1. The number of rotatable bonds is 3. The number of allylic oxidation sites excluding steroid dienone is 4. The molecule has 210 valence electrons. The first-order valence-electron chi connectivity index (χ1n) is 15.2. The summed E-state index contributed by atoms with van der Waals surface area (Å²) in [5, 5.41) is 4.77. The van der Waals surface area contributed by atoms with Crippen LogP contribution in [-0.4, -0.2) is 20.2 Å². The molecule has 8 aromatic rings. The van der Waals surface area contributed by atoms with Gasteiger partial charge in [0, 0.05) is 76.3 Å². The van der Waals surface area contributed by atoms with Crippen molar-refractivity contribution in [3.8, 4) is 22.3 Å². The summed E-state index contributed by atoms with van der Waals surface area (Å²) in [4.78, 5) is 8.87. The Kier molecular flexibility index (Phi) is 4.99. The lowest BCUT2D eigenvalue weighted by atomic mass is 9.97. The normalized spacial score (nSPS) is 15.5. The van der Waals surface area contributed by atoms with Gasteiger partial charge in [-0.25, -0.2) is 0 Å². The van der Waals surface area contributed by atoms with E-state index in [1.54, 1.807) is 0 Å². The van der Waals surface area contributed by atoms with Crippen molar-refractivity contribution in [2.24, 2.45) is 0 Å². The third-order valence-electron chi connectivity index (χ3n) is 9.22. The van der Waals surface area contributed by atoms with Gasteiger partial charge in [0.05, 0.1) is 10.9 Å². The van der Waals surface area contributed by atoms with E-state index in [0.717, 1.165) is 50.2 Å². The van der Waals surface area contributed by atoms with Crippen LogP contribution in [0.15, 0.2) is 151 Å². The Balaban J connectivity index is 1.32. The molecule has 5 heterocycles. The monoisotopic (exact) mass is 577 g/mol. The van der Waals surface area contributed by atoms with Gasteiger partial charge in [-0.3, -0.25) is 9.97 Å². The number of furan rings is 1. The second-order valence-corrected chi connectivity index (χ2v) is 11.7. The number of hydrogen-bond acceptors (Lipinski definition) is 3. The molecule has 0 radical (unpaired) electrons. The lowest BCUT2D eigenvalue weighted by Crippen LogP contribution is -2.30. The first kappa shape index (κ1) is 24.4. The van der Waals surface area contributed by atoms with Crippen LogP contribution in [0.1, 0.15) is 6.04 Å². The van der Waals surface area contributed by atoms with Crippen LogP contribution in [0.5, 0.6) is 0 Å². The van der Waals surface area contributed by atoms with Gasteiger partial charge in [0.15, 0.2) is 0 Å².